The topological polar surface area (TPSA) is 92.0 Å². The van der Waals surface area contributed by atoms with Gasteiger partial charge in [0.15, 0.2) is 5.82 Å². The largest absolute Gasteiger partial charge is 0.486 e. The van der Waals surface area contributed by atoms with Gasteiger partial charge >= 0.3 is 0 Å². The number of thioether (sulfide) groups is 1. The predicted octanol–water partition coefficient (Wildman–Crippen LogP) is 2.78. The molecule has 0 fully saturated rings. The van der Waals surface area contributed by atoms with Crippen LogP contribution in [0, 0.1) is 20.8 Å². The van der Waals surface area contributed by atoms with Gasteiger partial charge in [-0.3, -0.25) is 0 Å². The molecule has 24 heavy (non-hydrogen) atoms. The van der Waals surface area contributed by atoms with Crippen molar-refractivity contribution in [1.29, 1.82) is 0 Å². The molecule has 0 aliphatic carbocycles. The molecule has 0 aliphatic heterocycles. The number of hydrogen-bond acceptors (Lipinski definition) is 7. The van der Waals surface area contributed by atoms with Crippen molar-refractivity contribution < 1.29 is 9.26 Å². The SMILES string of the molecule is Cc1cc(C)cc(OCc2nnc(SCc3cc(C)no3)n2N)c1. The highest BCUT2D eigenvalue weighted by Crippen LogP contribution is 2.22. The maximum atomic E-state index is 6.04. The Bertz CT molecular complexity index is 823. The van der Waals surface area contributed by atoms with E-state index in [-0.39, 0.29) is 6.61 Å². The van der Waals surface area contributed by atoms with E-state index in [0.717, 1.165) is 28.3 Å². The Labute approximate surface area is 144 Å². The van der Waals surface area contributed by atoms with E-state index in [9.17, 15) is 0 Å². The van der Waals surface area contributed by atoms with E-state index in [4.69, 9.17) is 15.1 Å². The molecule has 0 radical (unpaired) electrons. The summed E-state index contributed by atoms with van der Waals surface area (Å²) in [6.07, 6.45) is 0. The van der Waals surface area contributed by atoms with E-state index >= 15 is 0 Å². The van der Waals surface area contributed by atoms with E-state index in [0.29, 0.717) is 16.7 Å². The molecule has 7 nitrogen and oxygen atoms in total. The van der Waals surface area contributed by atoms with Gasteiger partial charge in [0.05, 0.1) is 11.4 Å². The van der Waals surface area contributed by atoms with Gasteiger partial charge in [0.25, 0.3) is 0 Å². The molecule has 2 aromatic heterocycles. The molecule has 0 spiro atoms. The monoisotopic (exact) mass is 345 g/mol. The molecule has 2 heterocycles. The smallest absolute Gasteiger partial charge is 0.210 e. The second kappa shape index (κ2) is 6.96. The van der Waals surface area contributed by atoms with Gasteiger partial charge in [-0.2, -0.15) is 0 Å². The molecule has 1 aromatic carbocycles. The van der Waals surface area contributed by atoms with E-state index < -0.39 is 0 Å². The zero-order chi connectivity index (χ0) is 17.1. The van der Waals surface area contributed by atoms with Crippen molar-refractivity contribution in [1.82, 2.24) is 20.0 Å². The first-order chi connectivity index (χ1) is 11.5. The zero-order valence-electron chi connectivity index (χ0n) is 13.8. The molecule has 2 N–H and O–H groups in total. The minimum absolute atomic E-state index is 0.258. The lowest BCUT2D eigenvalue weighted by Gasteiger charge is -2.08. The number of rotatable bonds is 6. The summed E-state index contributed by atoms with van der Waals surface area (Å²) < 4.78 is 12.4. The predicted molar refractivity (Wildman–Crippen MR) is 91.2 cm³/mol. The molecule has 126 valence electrons. The number of aryl methyl sites for hydroxylation is 3. The molecule has 3 aromatic rings. The second-order valence-corrected chi connectivity index (χ2v) is 6.55. The van der Waals surface area contributed by atoms with Crippen LogP contribution in [0.2, 0.25) is 0 Å². The molecule has 0 unspecified atom stereocenters. The summed E-state index contributed by atoms with van der Waals surface area (Å²) in [4.78, 5) is 0. The standard InChI is InChI=1S/C16H19N5O2S/c1-10-4-11(2)6-13(5-10)22-8-15-18-19-16(21(15)17)24-9-14-7-12(3)20-23-14/h4-7H,8-9,17H2,1-3H3. The van der Waals surface area contributed by atoms with Crippen molar-refractivity contribution in [3.8, 4) is 5.75 Å². The lowest BCUT2D eigenvalue weighted by molar-refractivity contribution is 0.291. The summed E-state index contributed by atoms with van der Waals surface area (Å²) in [7, 11) is 0. The van der Waals surface area contributed by atoms with E-state index in [1.807, 2.05) is 39.0 Å². The Hall–Kier alpha value is -2.48. The third kappa shape index (κ3) is 3.88. The Morgan fingerprint density at radius 3 is 2.54 bits per heavy atom. The highest BCUT2D eigenvalue weighted by Gasteiger charge is 2.12. The molecular weight excluding hydrogens is 326 g/mol. The van der Waals surface area contributed by atoms with Crippen LogP contribution in [0.5, 0.6) is 5.75 Å². The zero-order valence-corrected chi connectivity index (χ0v) is 14.6. The molecule has 3 rings (SSSR count). The Kier molecular flexibility index (Phi) is 4.75. The Morgan fingerprint density at radius 2 is 1.88 bits per heavy atom. The lowest BCUT2D eigenvalue weighted by atomic mass is 10.1. The van der Waals surface area contributed by atoms with Crippen molar-refractivity contribution in [3.05, 3.63) is 52.7 Å². The van der Waals surface area contributed by atoms with Crippen LogP contribution in [-0.4, -0.2) is 20.0 Å². The molecule has 8 heteroatoms. The first-order valence-corrected chi connectivity index (χ1v) is 8.45. The van der Waals surface area contributed by atoms with Crippen LogP contribution >= 0.6 is 11.8 Å². The number of ether oxygens (including phenoxy) is 1. The normalized spacial score (nSPS) is 11.0. The van der Waals surface area contributed by atoms with Crippen molar-refractivity contribution >= 4 is 11.8 Å². The van der Waals surface area contributed by atoms with Gasteiger partial charge < -0.3 is 15.1 Å². The minimum atomic E-state index is 0.258. The van der Waals surface area contributed by atoms with Gasteiger partial charge in [-0.1, -0.05) is 23.0 Å². The van der Waals surface area contributed by atoms with Gasteiger partial charge in [0, 0.05) is 6.07 Å². The minimum Gasteiger partial charge on any atom is -0.486 e. The van der Waals surface area contributed by atoms with Gasteiger partial charge in [-0.25, -0.2) is 4.68 Å². The molecule has 0 amide bonds. The van der Waals surface area contributed by atoms with Crippen LogP contribution in [0.3, 0.4) is 0 Å². The van der Waals surface area contributed by atoms with Crippen LogP contribution in [0.1, 0.15) is 28.4 Å². The third-order valence-electron chi connectivity index (χ3n) is 3.32. The molecule has 0 aliphatic rings. The highest BCUT2D eigenvalue weighted by atomic mass is 32.2. The summed E-state index contributed by atoms with van der Waals surface area (Å²) in [6.45, 7) is 6.20. The summed E-state index contributed by atoms with van der Waals surface area (Å²) in [5.74, 6) is 8.76. The van der Waals surface area contributed by atoms with Crippen LogP contribution in [0.25, 0.3) is 0 Å². The van der Waals surface area contributed by atoms with Crippen molar-refractivity contribution in [2.24, 2.45) is 0 Å². The lowest BCUT2D eigenvalue weighted by Crippen LogP contribution is -2.15. The fraction of sp³-hybridized carbons (Fsp3) is 0.312. The quantitative estimate of drug-likeness (QED) is 0.542. The summed E-state index contributed by atoms with van der Waals surface area (Å²) in [5.41, 5.74) is 3.15. The number of hydrogen-bond donors (Lipinski definition) is 1. The van der Waals surface area contributed by atoms with Crippen molar-refractivity contribution in [3.63, 3.8) is 0 Å². The molecule has 0 atom stereocenters. The van der Waals surface area contributed by atoms with Gasteiger partial charge in [0.1, 0.15) is 18.1 Å². The van der Waals surface area contributed by atoms with E-state index in [1.165, 1.54) is 16.4 Å². The average molecular weight is 345 g/mol. The van der Waals surface area contributed by atoms with E-state index in [2.05, 4.69) is 21.4 Å². The Morgan fingerprint density at radius 1 is 1.12 bits per heavy atom. The molecule has 0 bridgehead atoms. The third-order valence-corrected chi connectivity index (χ3v) is 4.28. The van der Waals surface area contributed by atoms with Crippen molar-refractivity contribution in [2.45, 2.75) is 38.3 Å². The summed E-state index contributed by atoms with van der Waals surface area (Å²) in [6, 6.07) is 7.94. The fourth-order valence-corrected chi connectivity index (χ4v) is 3.04. The van der Waals surface area contributed by atoms with Crippen LogP contribution in [-0.2, 0) is 12.4 Å². The van der Waals surface area contributed by atoms with Gasteiger partial charge in [-0.15, -0.1) is 10.2 Å². The number of nitrogens with two attached hydrogens (primary N) is 1. The Balaban J connectivity index is 1.62. The molecule has 0 saturated carbocycles. The second-order valence-electron chi connectivity index (χ2n) is 5.60. The molecular formula is C16H19N5O2S. The van der Waals surface area contributed by atoms with E-state index in [1.54, 1.807) is 0 Å². The van der Waals surface area contributed by atoms with Crippen molar-refractivity contribution in [2.75, 3.05) is 5.84 Å². The number of nitrogens with zero attached hydrogens (tertiary/aromatic N) is 4. The first kappa shape index (κ1) is 16.4. The molecule has 0 saturated heterocycles. The maximum Gasteiger partial charge on any atom is 0.210 e. The van der Waals surface area contributed by atoms with Crippen LogP contribution < -0.4 is 10.6 Å². The maximum absolute atomic E-state index is 6.04. The van der Waals surface area contributed by atoms with Gasteiger partial charge in [0.2, 0.25) is 5.16 Å². The fourth-order valence-electron chi connectivity index (χ4n) is 2.29. The highest BCUT2D eigenvalue weighted by molar-refractivity contribution is 7.98. The van der Waals surface area contributed by atoms with Gasteiger partial charge in [-0.05, 0) is 44.0 Å². The number of nitrogen functional groups attached to an aromatic ring is 1. The summed E-state index contributed by atoms with van der Waals surface area (Å²) in [5, 5.41) is 12.6. The number of aromatic nitrogens is 4. The van der Waals surface area contributed by atoms with Crippen LogP contribution in [0.15, 0.2) is 33.9 Å². The number of benzene rings is 1. The van der Waals surface area contributed by atoms with Crippen LogP contribution in [0.4, 0.5) is 0 Å². The summed E-state index contributed by atoms with van der Waals surface area (Å²) >= 11 is 1.44. The average Bonchev–Trinajstić information content (AvgIpc) is 3.08. The first-order valence-electron chi connectivity index (χ1n) is 7.47.